The van der Waals surface area contributed by atoms with E-state index in [2.05, 4.69) is 83.1 Å². The molecular weight excluding hydrogens is 332 g/mol. The lowest BCUT2D eigenvalue weighted by Crippen LogP contribution is -2.47. The van der Waals surface area contributed by atoms with Gasteiger partial charge in [0, 0.05) is 56.8 Å². The molecule has 138 valence electrons. The molecule has 0 spiro atoms. The van der Waals surface area contributed by atoms with Crippen molar-refractivity contribution in [3.63, 3.8) is 0 Å². The minimum absolute atomic E-state index is 0.465. The van der Waals surface area contributed by atoms with Crippen molar-refractivity contribution < 1.29 is 0 Å². The van der Waals surface area contributed by atoms with Gasteiger partial charge >= 0.3 is 0 Å². The SMILES string of the molecule is CC(c1ccccc1)N1CCN(c2nn(C)c3c2Cc2ccccc2-3)CC1. The predicted molar refractivity (Wildman–Crippen MR) is 110 cm³/mol. The van der Waals surface area contributed by atoms with E-state index in [0.717, 1.165) is 32.6 Å². The Kier molecular flexibility index (Phi) is 4.01. The fourth-order valence-electron chi connectivity index (χ4n) is 4.67. The normalized spacial score (nSPS) is 17.6. The molecule has 0 bridgehead atoms. The van der Waals surface area contributed by atoms with Gasteiger partial charge in [0.25, 0.3) is 0 Å². The topological polar surface area (TPSA) is 24.3 Å². The Hall–Kier alpha value is -2.59. The highest BCUT2D eigenvalue weighted by atomic mass is 15.4. The van der Waals surface area contributed by atoms with Crippen LogP contribution in [-0.2, 0) is 13.5 Å². The fourth-order valence-corrected chi connectivity index (χ4v) is 4.67. The molecule has 2 aromatic carbocycles. The lowest BCUT2D eigenvalue weighted by molar-refractivity contribution is 0.198. The monoisotopic (exact) mass is 358 g/mol. The Morgan fingerprint density at radius 1 is 0.889 bits per heavy atom. The summed E-state index contributed by atoms with van der Waals surface area (Å²) in [6.07, 6.45) is 1.01. The van der Waals surface area contributed by atoms with Crippen LogP contribution in [0, 0.1) is 0 Å². The van der Waals surface area contributed by atoms with Crippen LogP contribution < -0.4 is 4.90 Å². The zero-order valence-corrected chi connectivity index (χ0v) is 16.1. The minimum atomic E-state index is 0.465. The van der Waals surface area contributed by atoms with E-state index in [9.17, 15) is 0 Å². The molecule has 1 saturated heterocycles. The molecule has 0 N–H and O–H groups in total. The maximum atomic E-state index is 4.91. The molecule has 5 rings (SSSR count). The third-order valence-corrected chi connectivity index (χ3v) is 6.21. The zero-order chi connectivity index (χ0) is 18.4. The quantitative estimate of drug-likeness (QED) is 0.556. The summed E-state index contributed by atoms with van der Waals surface area (Å²) in [6.45, 7) is 6.55. The van der Waals surface area contributed by atoms with Crippen LogP contribution in [0.3, 0.4) is 0 Å². The van der Waals surface area contributed by atoms with E-state index in [1.54, 1.807) is 0 Å². The largest absolute Gasteiger partial charge is 0.352 e. The van der Waals surface area contributed by atoms with Gasteiger partial charge in [-0.25, -0.2) is 0 Å². The molecule has 0 amide bonds. The van der Waals surface area contributed by atoms with Gasteiger partial charge in [0.2, 0.25) is 0 Å². The molecular formula is C23H26N4. The first kappa shape index (κ1) is 16.6. The van der Waals surface area contributed by atoms with Crippen molar-refractivity contribution in [2.75, 3.05) is 31.1 Å². The second-order valence-electron chi connectivity index (χ2n) is 7.72. The first-order valence-electron chi connectivity index (χ1n) is 9.90. The van der Waals surface area contributed by atoms with Gasteiger partial charge in [0.1, 0.15) is 0 Å². The van der Waals surface area contributed by atoms with E-state index in [4.69, 9.17) is 5.10 Å². The molecule has 1 aromatic heterocycles. The summed E-state index contributed by atoms with van der Waals surface area (Å²) in [5.41, 5.74) is 6.90. The van der Waals surface area contributed by atoms with Crippen LogP contribution in [0.15, 0.2) is 54.6 Å². The van der Waals surface area contributed by atoms with Crippen molar-refractivity contribution in [3.05, 3.63) is 71.3 Å². The van der Waals surface area contributed by atoms with Gasteiger partial charge in [-0.15, -0.1) is 0 Å². The fraction of sp³-hybridized carbons (Fsp3) is 0.348. The van der Waals surface area contributed by atoms with Gasteiger partial charge in [-0.05, 0) is 18.1 Å². The lowest BCUT2D eigenvalue weighted by Gasteiger charge is -2.38. The zero-order valence-electron chi connectivity index (χ0n) is 16.1. The predicted octanol–water partition coefficient (Wildman–Crippen LogP) is 3.87. The molecule has 1 fully saturated rings. The molecule has 1 atom stereocenters. The van der Waals surface area contributed by atoms with Gasteiger partial charge in [-0.3, -0.25) is 9.58 Å². The molecule has 2 heterocycles. The Labute approximate surface area is 161 Å². The molecule has 4 nitrogen and oxygen atoms in total. The number of rotatable bonds is 3. The molecule has 1 unspecified atom stereocenters. The van der Waals surface area contributed by atoms with Crippen molar-refractivity contribution in [1.82, 2.24) is 14.7 Å². The summed E-state index contributed by atoms with van der Waals surface area (Å²) in [4.78, 5) is 5.07. The Bertz CT molecular complexity index is 952. The summed E-state index contributed by atoms with van der Waals surface area (Å²) < 4.78 is 2.08. The minimum Gasteiger partial charge on any atom is -0.352 e. The number of aryl methyl sites for hydroxylation is 1. The molecule has 4 heteroatoms. The van der Waals surface area contributed by atoms with E-state index >= 15 is 0 Å². The first-order valence-corrected chi connectivity index (χ1v) is 9.90. The van der Waals surface area contributed by atoms with Crippen molar-refractivity contribution in [2.24, 2.45) is 7.05 Å². The van der Waals surface area contributed by atoms with Gasteiger partial charge in [-0.2, -0.15) is 5.10 Å². The number of hydrogen-bond acceptors (Lipinski definition) is 3. The van der Waals surface area contributed by atoms with E-state index < -0.39 is 0 Å². The van der Waals surface area contributed by atoms with Gasteiger partial charge in [0.05, 0.1) is 5.69 Å². The number of aromatic nitrogens is 2. The average molecular weight is 358 g/mol. The molecule has 27 heavy (non-hydrogen) atoms. The number of piperazine rings is 1. The van der Waals surface area contributed by atoms with Crippen LogP contribution in [0.25, 0.3) is 11.3 Å². The Morgan fingerprint density at radius 3 is 2.37 bits per heavy atom. The van der Waals surface area contributed by atoms with Crippen molar-refractivity contribution >= 4 is 5.82 Å². The van der Waals surface area contributed by atoms with Crippen LogP contribution in [0.5, 0.6) is 0 Å². The van der Waals surface area contributed by atoms with Crippen LogP contribution in [0.1, 0.15) is 29.7 Å². The highest BCUT2D eigenvalue weighted by Crippen LogP contribution is 2.41. The summed E-state index contributed by atoms with van der Waals surface area (Å²) in [5.74, 6) is 1.19. The molecule has 2 aliphatic rings. The van der Waals surface area contributed by atoms with E-state index in [0.29, 0.717) is 6.04 Å². The Balaban J connectivity index is 1.34. The second-order valence-corrected chi connectivity index (χ2v) is 7.72. The highest BCUT2D eigenvalue weighted by molar-refractivity contribution is 5.79. The Morgan fingerprint density at radius 2 is 1.59 bits per heavy atom. The molecule has 1 aliphatic heterocycles. The molecule has 0 saturated carbocycles. The van der Waals surface area contributed by atoms with E-state index in [-0.39, 0.29) is 0 Å². The van der Waals surface area contributed by atoms with Gasteiger partial charge < -0.3 is 4.90 Å². The summed E-state index contributed by atoms with van der Waals surface area (Å²) >= 11 is 0. The van der Waals surface area contributed by atoms with Crippen molar-refractivity contribution in [2.45, 2.75) is 19.4 Å². The van der Waals surface area contributed by atoms with Gasteiger partial charge in [0.15, 0.2) is 5.82 Å². The summed E-state index contributed by atoms with van der Waals surface area (Å²) in [6, 6.07) is 20.0. The molecule has 0 radical (unpaired) electrons. The maximum Gasteiger partial charge on any atom is 0.154 e. The first-order chi connectivity index (χ1) is 13.2. The number of benzene rings is 2. The third kappa shape index (κ3) is 2.76. The second kappa shape index (κ2) is 6.54. The lowest BCUT2D eigenvalue weighted by atomic mass is 10.1. The van der Waals surface area contributed by atoms with E-state index in [1.807, 2.05) is 0 Å². The van der Waals surface area contributed by atoms with Crippen LogP contribution in [0.4, 0.5) is 5.82 Å². The van der Waals surface area contributed by atoms with E-state index in [1.165, 1.54) is 33.8 Å². The summed E-state index contributed by atoms with van der Waals surface area (Å²) in [7, 11) is 2.08. The smallest absolute Gasteiger partial charge is 0.154 e. The molecule has 3 aromatic rings. The maximum absolute atomic E-state index is 4.91. The number of nitrogens with zero attached hydrogens (tertiary/aromatic N) is 4. The third-order valence-electron chi connectivity index (χ3n) is 6.21. The van der Waals surface area contributed by atoms with Crippen molar-refractivity contribution in [3.8, 4) is 11.3 Å². The molecule has 1 aliphatic carbocycles. The number of hydrogen-bond donors (Lipinski definition) is 0. The van der Waals surface area contributed by atoms with Crippen LogP contribution >= 0.6 is 0 Å². The van der Waals surface area contributed by atoms with Gasteiger partial charge in [-0.1, -0.05) is 54.6 Å². The van der Waals surface area contributed by atoms with Crippen LogP contribution in [0.2, 0.25) is 0 Å². The number of anilines is 1. The average Bonchev–Trinajstić information content (AvgIpc) is 3.26. The van der Waals surface area contributed by atoms with Crippen LogP contribution in [-0.4, -0.2) is 40.9 Å². The summed E-state index contributed by atoms with van der Waals surface area (Å²) in [5, 5.41) is 4.91. The standard InChI is InChI=1S/C23H26N4/c1-17(18-8-4-3-5-9-18)26-12-14-27(15-13-26)23-21-16-19-10-6-7-11-20(19)22(21)25(2)24-23/h3-11,17H,12-16H2,1-2H3. The van der Waals surface area contributed by atoms with Crippen molar-refractivity contribution in [1.29, 1.82) is 0 Å². The number of fused-ring (bicyclic) bond motifs is 3. The highest BCUT2D eigenvalue weighted by Gasteiger charge is 2.30.